The fourth-order valence-corrected chi connectivity index (χ4v) is 2.95. The van der Waals surface area contributed by atoms with Crippen LogP contribution in [0.25, 0.3) is 0 Å². The number of aromatic nitrogens is 3. The molecule has 0 saturated heterocycles. The molecular weight excluding hydrogens is 338 g/mol. The number of hydrogen-bond donors (Lipinski definition) is 3. The van der Waals surface area contributed by atoms with Gasteiger partial charge in [-0.1, -0.05) is 17.4 Å². The van der Waals surface area contributed by atoms with Crippen LogP contribution in [0.2, 0.25) is 0 Å². The molecule has 128 valence electrons. The lowest BCUT2D eigenvalue weighted by molar-refractivity contribution is 0.103. The van der Waals surface area contributed by atoms with Crippen molar-refractivity contribution < 1.29 is 9.90 Å². The molecule has 0 fully saturated rings. The first-order valence-corrected chi connectivity index (χ1v) is 8.38. The van der Waals surface area contributed by atoms with Crippen molar-refractivity contribution in [1.82, 2.24) is 15.0 Å². The van der Waals surface area contributed by atoms with Crippen molar-refractivity contribution in [3.8, 4) is 5.75 Å². The molecule has 0 spiro atoms. The Morgan fingerprint density at radius 3 is 2.72 bits per heavy atom. The number of phenols is 1. The van der Waals surface area contributed by atoms with Crippen LogP contribution in [0.15, 0.2) is 30.6 Å². The van der Waals surface area contributed by atoms with E-state index in [1.54, 1.807) is 31.3 Å². The number of hydrogen-bond acceptors (Lipinski definition) is 7. The van der Waals surface area contributed by atoms with Crippen molar-refractivity contribution in [3.63, 3.8) is 0 Å². The van der Waals surface area contributed by atoms with Crippen LogP contribution in [-0.4, -0.2) is 26.0 Å². The van der Waals surface area contributed by atoms with E-state index >= 15 is 0 Å². The Hall–Kier alpha value is -3.00. The molecule has 8 heteroatoms. The number of amides is 1. The smallest absolute Gasteiger partial charge is 0.267 e. The van der Waals surface area contributed by atoms with Crippen molar-refractivity contribution in [1.29, 1.82) is 0 Å². The Bertz CT molecular complexity index is 939. The number of benzene rings is 1. The van der Waals surface area contributed by atoms with Crippen molar-refractivity contribution >= 4 is 34.0 Å². The average Bonchev–Trinajstić information content (AvgIpc) is 3.03. The van der Waals surface area contributed by atoms with Crippen molar-refractivity contribution in [2.75, 3.05) is 10.6 Å². The highest BCUT2D eigenvalue weighted by atomic mass is 32.1. The molecule has 0 radical (unpaired) electrons. The number of anilines is 3. The maximum absolute atomic E-state index is 12.5. The maximum Gasteiger partial charge on any atom is 0.267 e. The van der Waals surface area contributed by atoms with Gasteiger partial charge >= 0.3 is 0 Å². The third-order valence-electron chi connectivity index (χ3n) is 3.63. The summed E-state index contributed by atoms with van der Waals surface area (Å²) in [7, 11) is 0. The minimum Gasteiger partial charge on any atom is -0.508 e. The van der Waals surface area contributed by atoms with Gasteiger partial charge in [-0.05, 0) is 38.5 Å². The second kappa shape index (κ2) is 6.86. The third-order valence-corrected chi connectivity index (χ3v) is 4.54. The lowest BCUT2D eigenvalue weighted by Crippen LogP contribution is -2.12. The Kier molecular flexibility index (Phi) is 4.62. The molecule has 0 aliphatic carbocycles. The first-order valence-electron chi connectivity index (χ1n) is 7.57. The number of nitrogens with zero attached hydrogens (tertiary/aromatic N) is 3. The minimum absolute atomic E-state index is 0.143. The van der Waals surface area contributed by atoms with E-state index in [-0.39, 0.29) is 11.7 Å². The number of aryl methyl sites for hydroxylation is 2. The average molecular weight is 355 g/mol. The van der Waals surface area contributed by atoms with Gasteiger partial charge in [0, 0.05) is 17.5 Å². The van der Waals surface area contributed by atoms with Gasteiger partial charge in [-0.25, -0.2) is 15.0 Å². The summed E-state index contributed by atoms with van der Waals surface area (Å²) < 4.78 is 0. The summed E-state index contributed by atoms with van der Waals surface area (Å²) in [5.74, 6) is 0.289. The molecule has 3 N–H and O–H groups in total. The minimum atomic E-state index is -0.285. The highest BCUT2D eigenvalue weighted by molar-refractivity contribution is 7.17. The van der Waals surface area contributed by atoms with Gasteiger partial charge in [0.1, 0.15) is 10.6 Å². The zero-order chi connectivity index (χ0) is 18.0. The van der Waals surface area contributed by atoms with Gasteiger partial charge < -0.3 is 15.7 Å². The van der Waals surface area contributed by atoms with E-state index in [9.17, 15) is 9.90 Å². The molecule has 1 amide bonds. The molecule has 0 aliphatic rings. The molecule has 0 saturated carbocycles. The Labute approximate surface area is 148 Å². The van der Waals surface area contributed by atoms with E-state index < -0.39 is 0 Å². The number of carbonyl (C=O) groups excluding carboxylic acids is 1. The zero-order valence-corrected chi connectivity index (χ0v) is 14.8. The Morgan fingerprint density at radius 1 is 1.16 bits per heavy atom. The first-order chi connectivity index (χ1) is 11.9. The first kappa shape index (κ1) is 16.8. The van der Waals surface area contributed by atoms with Gasteiger partial charge in [0.25, 0.3) is 5.91 Å². The van der Waals surface area contributed by atoms with E-state index in [0.29, 0.717) is 27.2 Å². The topological polar surface area (TPSA) is 100 Å². The van der Waals surface area contributed by atoms with Crippen LogP contribution in [0.5, 0.6) is 5.75 Å². The van der Waals surface area contributed by atoms with Crippen LogP contribution < -0.4 is 10.6 Å². The quantitative estimate of drug-likeness (QED) is 0.662. The molecule has 0 atom stereocenters. The van der Waals surface area contributed by atoms with Gasteiger partial charge in [0.05, 0.1) is 11.9 Å². The van der Waals surface area contributed by atoms with E-state index in [1.165, 1.54) is 17.5 Å². The van der Waals surface area contributed by atoms with Crippen LogP contribution in [0, 0.1) is 20.8 Å². The monoisotopic (exact) mass is 355 g/mol. The summed E-state index contributed by atoms with van der Waals surface area (Å²) in [4.78, 5) is 25.4. The SMILES string of the molecule is Cc1ccnc(Nc2ncc(C(=O)Nc3c(C)ccc(O)c3C)s2)n1. The molecule has 3 rings (SSSR count). The summed E-state index contributed by atoms with van der Waals surface area (Å²) in [5, 5.41) is 16.2. The molecule has 0 aliphatic heterocycles. The molecule has 3 aromatic rings. The summed E-state index contributed by atoms with van der Waals surface area (Å²) in [6, 6.07) is 5.16. The largest absolute Gasteiger partial charge is 0.508 e. The third kappa shape index (κ3) is 3.74. The number of carbonyl (C=O) groups is 1. The van der Waals surface area contributed by atoms with Crippen LogP contribution in [-0.2, 0) is 0 Å². The molecule has 25 heavy (non-hydrogen) atoms. The predicted molar refractivity (Wildman–Crippen MR) is 97.7 cm³/mol. The molecule has 0 unspecified atom stereocenters. The number of phenolic OH excluding ortho intramolecular Hbond substituents is 1. The Morgan fingerprint density at radius 2 is 1.96 bits per heavy atom. The van der Waals surface area contributed by atoms with E-state index in [2.05, 4.69) is 25.6 Å². The number of aromatic hydroxyl groups is 1. The lowest BCUT2D eigenvalue weighted by Gasteiger charge is -2.11. The molecule has 1 aromatic carbocycles. The summed E-state index contributed by atoms with van der Waals surface area (Å²) in [6.45, 7) is 5.50. The van der Waals surface area contributed by atoms with Gasteiger partial charge in [-0.3, -0.25) is 4.79 Å². The summed E-state index contributed by atoms with van der Waals surface area (Å²) >= 11 is 1.20. The van der Waals surface area contributed by atoms with Crippen LogP contribution in [0.1, 0.15) is 26.5 Å². The fourth-order valence-electron chi connectivity index (χ4n) is 2.25. The highest BCUT2D eigenvalue weighted by Gasteiger charge is 2.15. The lowest BCUT2D eigenvalue weighted by atomic mass is 10.1. The predicted octanol–water partition coefficient (Wildman–Crippen LogP) is 3.56. The summed E-state index contributed by atoms with van der Waals surface area (Å²) in [6.07, 6.45) is 3.14. The van der Waals surface area contributed by atoms with Gasteiger partial charge in [-0.2, -0.15) is 0 Å². The van der Waals surface area contributed by atoms with Gasteiger partial charge in [0.2, 0.25) is 5.95 Å². The molecule has 2 heterocycles. The van der Waals surface area contributed by atoms with Crippen LogP contribution >= 0.6 is 11.3 Å². The second-order valence-corrected chi connectivity index (χ2v) is 6.56. The number of thiazole rings is 1. The van der Waals surface area contributed by atoms with E-state index in [4.69, 9.17) is 0 Å². The van der Waals surface area contributed by atoms with E-state index in [1.807, 2.05) is 13.8 Å². The second-order valence-electron chi connectivity index (χ2n) is 5.53. The molecule has 2 aromatic heterocycles. The maximum atomic E-state index is 12.5. The van der Waals surface area contributed by atoms with Crippen molar-refractivity contribution in [3.05, 3.63) is 52.3 Å². The molecule has 0 bridgehead atoms. The fraction of sp³-hybridized carbons (Fsp3) is 0.176. The molecular formula is C17H17N5O2S. The van der Waals surface area contributed by atoms with Crippen LogP contribution in [0.4, 0.5) is 16.8 Å². The summed E-state index contributed by atoms with van der Waals surface area (Å²) in [5.41, 5.74) is 2.95. The number of nitrogens with one attached hydrogen (secondary N) is 2. The van der Waals surface area contributed by atoms with E-state index in [0.717, 1.165) is 11.3 Å². The normalized spacial score (nSPS) is 10.5. The van der Waals surface area contributed by atoms with Gasteiger partial charge in [-0.15, -0.1) is 0 Å². The standard InChI is InChI=1S/C17H17N5O2S/c1-9-4-5-12(23)11(3)14(9)21-15(24)13-8-19-17(25-13)22-16-18-7-6-10(2)20-16/h4-8,23H,1-3H3,(H,21,24)(H,18,19,20,22). The van der Waals surface area contributed by atoms with Crippen LogP contribution in [0.3, 0.4) is 0 Å². The number of rotatable bonds is 4. The Balaban J connectivity index is 1.76. The van der Waals surface area contributed by atoms with Crippen molar-refractivity contribution in [2.45, 2.75) is 20.8 Å². The zero-order valence-electron chi connectivity index (χ0n) is 14.0. The molecule has 7 nitrogen and oxygen atoms in total. The highest BCUT2D eigenvalue weighted by Crippen LogP contribution is 2.29. The van der Waals surface area contributed by atoms with Gasteiger partial charge in [0.15, 0.2) is 5.13 Å². The van der Waals surface area contributed by atoms with Crippen molar-refractivity contribution in [2.24, 2.45) is 0 Å².